The van der Waals surface area contributed by atoms with Crippen LogP contribution in [0.3, 0.4) is 0 Å². The summed E-state index contributed by atoms with van der Waals surface area (Å²) in [6.07, 6.45) is 4.27. The Balaban J connectivity index is 1.63. The molecule has 0 aliphatic carbocycles. The zero-order valence-corrected chi connectivity index (χ0v) is 13.1. The number of rotatable bonds is 5. The fraction of sp³-hybridized carbons (Fsp3) is 0.100. The van der Waals surface area contributed by atoms with Crippen LogP contribution in [0.4, 0.5) is 0 Å². The number of H-pyrrole nitrogens is 1. The molecule has 0 saturated heterocycles. The first kappa shape index (κ1) is 15.6. The van der Waals surface area contributed by atoms with E-state index in [-0.39, 0.29) is 11.5 Å². The number of nitriles is 1. The molecule has 3 aromatic rings. The van der Waals surface area contributed by atoms with Crippen LogP contribution in [0.25, 0.3) is 17.0 Å². The van der Waals surface area contributed by atoms with Crippen molar-refractivity contribution in [3.63, 3.8) is 0 Å². The van der Waals surface area contributed by atoms with Gasteiger partial charge in [0.1, 0.15) is 11.6 Å². The Bertz CT molecular complexity index is 917. The van der Waals surface area contributed by atoms with E-state index in [0.717, 1.165) is 22.0 Å². The first-order chi connectivity index (χ1) is 11.8. The molecule has 1 amide bonds. The van der Waals surface area contributed by atoms with E-state index >= 15 is 0 Å². The second-order valence-electron chi connectivity index (χ2n) is 5.45. The third kappa shape index (κ3) is 3.53. The zero-order chi connectivity index (χ0) is 16.8. The van der Waals surface area contributed by atoms with Gasteiger partial charge in [0.25, 0.3) is 5.91 Å². The molecule has 2 N–H and O–H groups in total. The number of carbonyl (C=O) groups is 1. The summed E-state index contributed by atoms with van der Waals surface area (Å²) in [4.78, 5) is 15.4. The Morgan fingerprint density at radius 2 is 1.88 bits per heavy atom. The average molecular weight is 315 g/mol. The molecule has 1 aromatic heterocycles. The van der Waals surface area contributed by atoms with Gasteiger partial charge in [0.15, 0.2) is 0 Å². The maximum absolute atomic E-state index is 12.2. The van der Waals surface area contributed by atoms with Crippen LogP contribution in [0.5, 0.6) is 0 Å². The number of nitrogens with one attached hydrogen (secondary N) is 2. The molecule has 24 heavy (non-hydrogen) atoms. The highest BCUT2D eigenvalue weighted by Crippen LogP contribution is 2.17. The number of fused-ring (bicyclic) bond motifs is 1. The number of carbonyl (C=O) groups excluding carboxylic acids is 1. The van der Waals surface area contributed by atoms with Crippen LogP contribution in [0.2, 0.25) is 0 Å². The summed E-state index contributed by atoms with van der Waals surface area (Å²) in [5.41, 5.74) is 3.18. The van der Waals surface area contributed by atoms with Gasteiger partial charge in [-0.2, -0.15) is 5.26 Å². The molecule has 3 rings (SSSR count). The predicted molar refractivity (Wildman–Crippen MR) is 95.0 cm³/mol. The average Bonchev–Trinajstić information content (AvgIpc) is 3.04. The van der Waals surface area contributed by atoms with E-state index in [1.807, 2.05) is 60.8 Å². The van der Waals surface area contributed by atoms with Gasteiger partial charge in [-0.25, -0.2) is 0 Å². The van der Waals surface area contributed by atoms with E-state index < -0.39 is 0 Å². The number of benzene rings is 2. The standard InChI is InChI=1S/C20H17N3O/c21-13-17(12-15-6-2-1-3-7-15)20(24)22-11-10-16-14-23-19-9-5-4-8-18(16)19/h1-9,12,14,23H,10-11H2,(H,22,24)/b17-12-. The molecule has 0 atom stereocenters. The lowest BCUT2D eigenvalue weighted by Gasteiger charge is -2.04. The Kier molecular flexibility index (Phi) is 4.73. The molecule has 2 aromatic carbocycles. The number of nitrogens with zero attached hydrogens (tertiary/aromatic N) is 1. The van der Waals surface area contributed by atoms with E-state index in [4.69, 9.17) is 0 Å². The van der Waals surface area contributed by atoms with Crippen LogP contribution in [-0.4, -0.2) is 17.4 Å². The minimum absolute atomic E-state index is 0.111. The van der Waals surface area contributed by atoms with Crippen molar-refractivity contribution in [1.82, 2.24) is 10.3 Å². The van der Waals surface area contributed by atoms with E-state index in [2.05, 4.69) is 16.4 Å². The molecule has 0 aliphatic rings. The van der Waals surface area contributed by atoms with Crippen molar-refractivity contribution < 1.29 is 4.79 Å². The number of hydrogen-bond donors (Lipinski definition) is 2. The summed E-state index contributed by atoms with van der Waals surface area (Å²) in [5.74, 6) is -0.346. The smallest absolute Gasteiger partial charge is 0.261 e. The van der Waals surface area contributed by atoms with Gasteiger partial charge < -0.3 is 10.3 Å². The second kappa shape index (κ2) is 7.30. The van der Waals surface area contributed by atoms with E-state index in [1.165, 1.54) is 0 Å². The van der Waals surface area contributed by atoms with Gasteiger partial charge in [0.2, 0.25) is 0 Å². The van der Waals surface area contributed by atoms with Crippen LogP contribution in [0, 0.1) is 11.3 Å². The molecule has 1 heterocycles. The molecule has 0 bridgehead atoms. The maximum atomic E-state index is 12.2. The van der Waals surface area contributed by atoms with E-state index in [0.29, 0.717) is 13.0 Å². The van der Waals surface area contributed by atoms with Gasteiger partial charge in [-0.05, 0) is 29.7 Å². The largest absolute Gasteiger partial charge is 0.361 e. The summed E-state index contributed by atoms with van der Waals surface area (Å²) >= 11 is 0. The molecular formula is C20H17N3O. The van der Waals surface area contributed by atoms with Crippen molar-refractivity contribution in [2.45, 2.75) is 6.42 Å². The minimum atomic E-state index is -0.346. The number of hydrogen-bond acceptors (Lipinski definition) is 2. The van der Waals surface area contributed by atoms with Gasteiger partial charge in [-0.3, -0.25) is 4.79 Å². The molecule has 0 fully saturated rings. The fourth-order valence-electron chi connectivity index (χ4n) is 2.61. The van der Waals surface area contributed by atoms with Gasteiger partial charge in [-0.15, -0.1) is 0 Å². The van der Waals surface area contributed by atoms with Crippen molar-refractivity contribution in [3.8, 4) is 6.07 Å². The van der Waals surface area contributed by atoms with Crippen molar-refractivity contribution in [2.24, 2.45) is 0 Å². The van der Waals surface area contributed by atoms with Crippen LogP contribution >= 0.6 is 0 Å². The third-order valence-corrected chi connectivity index (χ3v) is 3.83. The van der Waals surface area contributed by atoms with Crippen LogP contribution in [0.1, 0.15) is 11.1 Å². The molecule has 0 unspecified atom stereocenters. The first-order valence-corrected chi connectivity index (χ1v) is 7.78. The van der Waals surface area contributed by atoms with Gasteiger partial charge >= 0.3 is 0 Å². The fourth-order valence-corrected chi connectivity index (χ4v) is 2.61. The van der Waals surface area contributed by atoms with Crippen LogP contribution in [-0.2, 0) is 11.2 Å². The van der Waals surface area contributed by atoms with Crippen LogP contribution < -0.4 is 5.32 Å². The molecule has 0 saturated carbocycles. The topological polar surface area (TPSA) is 68.7 Å². The van der Waals surface area contributed by atoms with E-state index in [9.17, 15) is 10.1 Å². The van der Waals surface area contributed by atoms with Gasteiger partial charge in [-0.1, -0.05) is 48.5 Å². The van der Waals surface area contributed by atoms with Gasteiger partial charge in [0.05, 0.1) is 0 Å². The van der Waals surface area contributed by atoms with Crippen molar-refractivity contribution in [2.75, 3.05) is 6.54 Å². The van der Waals surface area contributed by atoms with E-state index in [1.54, 1.807) is 6.08 Å². The summed E-state index contributed by atoms with van der Waals surface area (Å²) in [6.45, 7) is 0.481. The normalized spacial score (nSPS) is 11.2. The minimum Gasteiger partial charge on any atom is -0.361 e. The number of para-hydroxylation sites is 1. The lowest BCUT2D eigenvalue weighted by molar-refractivity contribution is -0.117. The second-order valence-corrected chi connectivity index (χ2v) is 5.45. The highest BCUT2D eigenvalue weighted by molar-refractivity contribution is 6.01. The maximum Gasteiger partial charge on any atom is 0.261 e. The van der Waals surface area contributed by atoms with Crippen molar-refractivity contribution in [1.29, 1.82) is 5.26 Å². The lowest BCUT2D eigenvalue weighted by Crippen LogP contribution is -2.26. The molecule has 118 valence electrons. The lowest BCUT2D eigenvalue weighted by atomic mass is 10.1. The zero-order valence-electron chi connectivity index (χ0n) is 13.1. The number of amides is 1. The molecule has 0 aliphatic heterocycles. The van der Waals surface area contributed by atoms with Crippen molar-refractivity contribution >= 4 is 22.9 Å². The number of aromatic nitrogens is 1. The molecule has 0 spiro atoms. The first-order valence-electron chi connectivity index (χ1n) is 7.78. The monoisotopic (exact) mass is 315 g/mol. The molecular weight excluding hydrogens is 298 g/mol. The molecule has 0 radical (unpaired) electrons. The Hall–Kier alpha value is -3.32. The molecule has 4 nitrogen and oxygen atoms in total. The summed E-state index contributed by atoms with van der Waals surface area (Å²) in [6, 6.07) is 19.4. The number of aromatic amines is 1. The highest BCUT2D eigenvalue weighted by Gasteiger charge is 2.09. The third-order valence-electron chi connectivity index (χ3n) is 3.83. The highest BCUT2D eigenvalue weighted by atomic mass is 16.1. The van der Waals surface area contributed by atoms with Crippen LogP contribution in [0.15, 0.2) is 66.4 Å². The Morgan fingerprint density at radius 3 is 2.67 bits per heavy atom. The molecule has 4 heteroatoms. The summed E-state index contributed by atoms with van der Waals surface area (Å²) in [5, 5.41) is 13.2. The Labute approximate surface area is 140 Å². The predicted octanol–water partition coefficient (Wildman–Crippen LogP) is 3.43. The SMILES string of the molecule is N#C/C(=C/c1ccccc1)C(=O)NCCc1c[nH]c2ccccc12. The summed E-state index contributed by atoms with van der Waals surface area (Å²) < 4.78 is 0. The van der Waals surface area contributed by atoms with Crippen molar-refractivity contribution in [3.05, 3.63) is 77.5 Å². The van der Waals surface area contributed by atoms with Gasteiger partial charge in [0, 0.05) is 23.6 Å². The quantitative estimate of drug-likeness (QED) is 0.559. The summed E-state index contributed by atoms with van der Waals surface area (Å²) in [7, 11) is 0. The Morgan fingerprint density at radius 1 is 1.12 bits per heavy atom.